The monoisotopic (exact) mass is 130 g/mol. The van der Waals surface area contributed by atoms with Gasteiger partial charge in [0.05, 0.1) is 0 Å². The largest absolute Gasteiger partial charge is 3.00 e. The van der Waals surface area contributed by atoms with Gasteiger partial charge in [-0.3, -0.25) is 0 Å². The molecule has 0 spiro atoms. The summed E-state index contributed by atoms with van der Waals surface area (Å²) in [5.41, 5.74) is 0. The first-order chi connectivity index (χ1) is 1.73. The molecule has 0 unspecified atom stereocenters. The Balaban J connectivity index is -0.00000000450. The summed E-state index contributed by atoms with van der Waals surface area (Å²) in [5.74, 6) is 0. The number of rotatable bonds is 0. The minimum Gasteiger partial charge on any atom is -1.00 e. The zero-order valence-electron chi connectivity index (χ0n) is 5.46. The van der Waals surface area contributed by atoms with E-state index in [1.54, 1.807) is 0 Å². The van der Waals surface area contributed by atoms with Gasteiger partial charge < -0.3 is 23.3 Å². The number of carbonyl (C=O) groups excluding carboxylic acids is 1. The average Bonchev–Trinajstić information content (AvgIpc) is 0.811. The molecule has 0 bridgehead atoms. The number of carboxylic acid groups (broad SMARTS) is 2. The predicted octanol–water partition coefficient (Wildman–Crippen LogP) is -3.16. The molecule has 0 atom stereocenters. The molecule has 0 saturated heterocycles. The van der Waals surface area contributed by atoms with Crippen LogP contribution in [-0.2, 0) is 0 Å². The van der Waals surface area contributed by atoms with Gasteiger partial charge in [0.1, 0.15) is 0 Å². The third kappa shape index (κ3) is 479. The summed E-state index contributed by atoms with van der Waals surface area (Å²) in [5, 5.41) is 16.7. The summed E-state index contributed by atoms with van der Waals surface area (Å²) in [6, 6.07) is 0. The van der Waals surface area contributed by atoms with Crippen molar-refractivity contribution in [2.24, 2.45) is 0 Å². The minimum absolute atomic E-state index is 0. The summed E-state index contributed by atoms with van der Waals surface area (Å²) >= 11 is 0. The summed E-state index contributed by atoms with van der Waals surface area (Å²) in [6.45, 7) is 0. The van der Waals surface area contributed by atoms with Gasteiger partial charge in [-0.25, -0.2) is 0 Å². The maximum absolute atomic E-state index is 8.33. The molecule has 0 heterocycles. The van der Waals surface area contributed by atoms with Gasteiger partial charge in [0, 0.05) is 0 Å². The summed E-state index contributed by atoms with van der Waals surface area (Å²) in [7, 11) is 0. The molecule has 7 heavy (non-hydrogen) atoms. The Morgan fingerprint density at radius 2 is 1.43 bits per heavy atom. The van der Waals surface area contributed by atoms with E-state index in [0.29, 0.717) is 0 Å². The first-order valence-corrected chi connectivity index (χ1v) is 0.612. The molecule has 0 aromatic carbocycles. The van der Waals surface area contributed by atoms with Gasteiger partial charge in [0.15, 0.2) is 0 Å². The molecule has 0 aliphatic carbocycles. The topological polar surface area (TPSA) is 93.2 Å². The van der Waals surface area contributed by atoms with E-state index in [4.69, 9.17) is 15.0 Å². The second-order valence-electron chi connectivity index (χ2n) is 0.250. The van der Waals surface area contributed by atoms with Crippen LogP contribution in [0.15, 0.2) is 0 Å². The van der Waals surface area contributed by atoms with E-state index in [-0.39, 0.29) is 48.7 Å². The van der Waals surface area contributed by atoms with Crippen molar-refractivity contribution in [2.75, 3.05) is 0 Å². The van der Waals surface area contributed by atoms with Crippen molar-refractivity contribution < 1.29 is 23.3 Å². The van der Waals surface area contributed by atoms with Crippen molar-refractivity contribution in [1.82, 2.24) is 0 Å². The van der Waals surface area contributed by atoms with Crippen molar-refractivity contribution in [3.05, 3.63) is 0 Å². The number of hydrogen-bond acceptors (Lipinski definition) is 4. The van der Waals surface area contributed by atoms with E-state index in [2.05, 4.69) is 0 Å². The van der Waals surface area contributed by atoms with Gasteiger partial charge in [-0.1, -0.05) is 0 Å². The molecule has 36 valence electrons. The normalized spacial score (nSPS) is 3.43. The van der Waals surface area contributed by atoms with E-state index >= 15 is 0 Å². The Labute approximate surface area is 70.1 Å². The summed E-state index contributed by atoms with van der Waals surface area (Å²) in [6.07, 6.45) is -2.33. The van der Waals surface area contributed by atoms with E-state index in [1.807, 2.05) is 0 Å². The molecule has 0 radical (unpaired) electrons. The SMILES string of the molecule is O=C([O-])[O-].[Al+3].[H-].[H-].[Mg+2].[OH-]. The molecule has 6 heteroatoms. The molecular weight excluding hydrogens is 127 g/mol. The quantitative estimate of drug-likeness (QED) is 0.323. The first kappa shape index (κ1) is 25.8. The minimum atomic E-state index is -2.33. The van der Waals surface area contributed by atoms with Crippen molar-refractivity contribution in [3.63, 3.8) is 0 Å². The van der Waals surface area contributed by atoms with Gasteiger partial charge in [0.2, 0.25) is 0 Å². The van der Waals surface area contributed by atoms with Crippen molar-refractivity contribution in [2.45, 2.75) is 0 Å². The third-order valence-corrected chi connectivity index (χ3v) is 0. The standard InChI is InChI=1S/CH2O3.Al.Mg.H2O.2H/c2-1(3)4;;;;;/h(H2,2,3,4);;;1H2;;/q;+3;+2;;2*-1/p-3. The molecule has 4 nitrogen and oxygen atoms in total. The van der Waals surface area contributed by atoms with Crippen LogP contribution in [0.25, 0.3) is 0 Å². The Hall–Kier alpha value is 0.529. The van der Waals surface area contributed by atoms with E-state index in [0.717, 1.165) is 0 Å². The molecule has 0 fully saturated rings. The van der Waals surface area contributed by atoms with Gasteiger partial charge in [-0.2, -0.15) is 0 Å². The maximum Gasteiger partial charge on any atom is 3.00 e. The van der Waals surface area contributed by atoms with Crippen LogP contribution in [0.2, 0.25) is 0 Å². The van der Waals surface area contributed by atoms with Crippen LogP contribution >= 0.6 is 0 Å². The zero-order chi connectivity index (χ0) is 3.58. The molecule has 0 amide bonds. The molecule has 0 aromatic rings. The van der Waals surface area contributed by atoms with Crippen LogP contribution in [0.5, 0.6) is 0 Å². The van der Waals surface area contributed by atoms with Crippen LogP contribution in [0.1, 0.15) is 2.85 Å². The Bertz CT molecular complexity index is 41.5. The second-order valence-corrected chi connectivity index (χ2v) is 0.250. The van der Waals surface area contributed by atoms with Gasteiger partial charge in [-0.05, 0) is 6.16 Å². The zero-order valence-corrected chi connectivity index (χ0v) is 6.03. The Kier molecular flexibility index (Phi) is 59.0. The fourth-order valence-electron chi connectivity index (χ4n) is 0. The maximum atomic E-state index is 8.33. The predicted molar refractivity (Wildman–Crippen MR) is 21.1 cm³/mol. The van der Waals surface area contributed by atoms with Gasteiger partial charge in [0.25, 0.3) is 0 Å². The molecular formula is CH3AlMgO4. The van der Waals surface area contributed by atoms with Crippen LogP contribution in [-0.4, -0.2) is 52.0 Å². The van der Waals surface area contributed by atoms with Gasteiger partial charge in [-0.15, -0.1) is 0 Å². The first-order valence-electron chi connectivity index (χ1n) is 0.612. The van der Waals surface area contributed by atoms with Crippen molar-refractivity contribution in [3.8, 4) is 0 Å². The third-order valence-electron chi connectivity index (χ3n) is 0. The fraction of sp³-hybridized carbons (Fsp3) is 0. The molecule has 0 rings (SSSR count). The molecule has 0 aromatic heterocycles. The van der Waals surface area contributed by atoms with Crippen molar-refractivity contribution >= 4 is 46.6 Å². The molecule has 0 aliphatic heterocycles. The van der Waals surface area contributed by atoms with Crippen LogP contribution < -0.4 is 10.2 Å². The Morgan fingerprint density at radius 3 is 1.43 bits per heavy atom. The fourth-order valence-corrected chi connectivity index (χ4v) is 0. The van der Waals surface area contributed by atoms with Crippen LogP contribution in [0.3, 0.4) is 0 Å². The van der Waals surface area contributed by atoms with Gasteiger partial charge >= 0.3 is 40.4 Å². The van der Waals surface area contributed by atoms with Crippen LogP contribution in [0, 0.1) is 0 Å². The molecule has 1 N–H and O–H groups in total. The summed E-state index contributed by atoms with van der Waals surface area (Å²) < 4.78 is 0. The average molecular weight is 130 g/mol. The Morgan fingerprint density at radius 1 is 1.43 bits per heavy atom. The summed E-state index contributed by atoms with van der Waals surface area (Å²) in [4.78, 5) is 8.33. The van der Waals surface area contributed by atoms with Crippen LogP contribution in [0.4, 0.5) is 4.79 Å². The van der Waals surface area contributed by atoms with E-state index < -0.39 is 6.16 Å². The smallest absolute Gasteiger partial charge is 1.00 e. The van der Waals surface area contributed by atoms with E-state index in [9.17, 15) is 0 Å². The molecule has 0 aliphatic rings. The van der Waals surface area contributed by atoms with Crippen molar-refractivity contribution in [1.29, 1.82) is 0 Å². The number of hydrogen-bond donors (Lipinski definition) is 0. The van der Waals surface area contributed by atoms with E-state index in [1.165, 1.54) is 0 Å². The molecule has 0 saturated carbocycles. The number of carbonyl (C=O) groups is 1. The second kappa shape index (κ2) is 16.0.